The maximum atomic E-state index is 11.7. The van der Waals surface area contributed by atoms with Gasteiger partial charge in [0.15, 0.2) is 0 Å². The lowest BCUT2D eigenvalue weighted by Crippen LogP contribution is -2.45. The number of carbonyl (C=O) groups is 3. The molecule has 0 aromatic carbocycles. The lowest BCUT2D eigenvalue weighted by Gasteiger charge is -2.22. The van der Waals surface area contributed by atoms with Crippen molar-refractivity contribution in [2.75, 3.05) is 6.61 Å². The molecule has 7 heteroatoms. The number of hydrogen-bond acceptors (Lipinski definition) is 5. The zero-order valence-corrected chi connectivity index (χ0v) is 12.4. The lowest BCUT2D eigenvalue weighted by atomic mass is 10.2. The van der Waals surface area contributed by atoms with Gasteiger partial charge in [-0.25, -0.2) is 9.59 Å². The first kappa shape index (κ1) is 18.2. The largest absolute Gasteiger partial charge is 0.481 e. The van der Waals surface area contributed by atoms with Crippen molar-refractivity contribution in [3.8, 4) is 0 Å². The fraction of sp³-hybridized carbons (Fsp3) is 0.769. The molecule has 0 aliphatic carbocycles. The third-order valence-corrected chi connectivity index (χ3v) is 2.10. The first-order valence-corrected chi connectivity index (χ1v) is 6.53. The van der Waals surface area contributed by atoms with Crippen molar-refractivity contribution in [1.29, 1.82) is 0 Å². The van der Waals surface area contributed by atoms with Crippen molar-refractivity contribution >= 4 is 18.0 Å². The monoisotopic (exact) mass is 289 g/mol. The van der Waals surface area contributed by atoms with Gasteiger partial charge in [0.05, 0.1) is 13.0 Å². The zero-order chi connectivity index (χ0) is 15.8. The van der Waals surface area contributed by atoms with Crippen LogP contribution in [0.3, 0.4) is 0 Å². The number of aliphatic carboxylic acids is 1. The molecule has 0 saturated carbocycles. The Bertz CT molecular complexity index is 347. The number of carboxylic acid groups (broad SMARTS) is 1. The highest BCUT2D eigenvalue weighted by atomic mass is 16.6. The summed E-state index contributed by atoms with van der Waals surface area (Å²) in [5.74, 6) is -1.98. The Morgan fingerprint density at radius 2 is 1.85 bits per heavy atom. The van der Waals surface area contributed by atoms with Gasteiger partial charge in [0, 0.05) is 0 Å². The van der Waals surface area contributed by atoms with Gasteiger partial charge in [-0.3, -0.25) is 4.79 Å². The van der Waals surface area contributed by atoms with Gasteiger partial charge in [0.1, 0.15) is 11.6 Å². The minimum absolute atomic E-state index is 0.196. The average Bonchev–Trinajstić information content (AvgIpc) is 2.25. The fourth-order valence-electron chi connectivity index (χ4n) is 1.24. The smallest absolute Gasteiger partial charge is 0.408 e. The molecule has 0 aromatic heterocycles. The van der Waals surface area contributed by atoms with Crippen molar-refractivity contribution in [3.05, 3.63) is 0 Å². The van der Waals surface area contributed by atoms with Crippen LogP contribution in [0.25, 0.3) is 0 Å². The number of unbranched alkanes of at least 4 members (excludes halogenated alkanes) is 1. The summed E-state index contributed by atoms with van der Waals surface area (Å²) in [4.78, 5) is 34.0. The van der Waals surface area contributed by atoms with Gasteiger partial charge in [-0.05, 0) is 27.2 Å². The van der Waals surface area contributed by atoms with Gasteiger partial charge in [0.25, 0.3) is 0 Å². The topological polar surface area (TPSA) is 102 Å². The average molecular weight is 289 g/mol. The Morgan fingerprint density at radius 1 is 1.25 bits per heavy atom. The molecule has 0 heterocycles. The highest BCUT2D eigenvalue weighted by Gasteiger charge is 2.27. The van der Waals surface area contributed by atoms with Gasteiger partial charge in [-0.2, -0.15) is 0 Å². The number of ether oxygens (including phenoxy) is 2. The van der Waals surface area contributed by atoms with E-state index in [1.54, 1.807) is 20.8 Å². The second kappa shape index (κ2) is 8.39. The molecule has 0 aliphatic rings. The first-order valence-electron chi connectivity index (χ1n) is 6.53. The van der Waals surface area contributed by atoms with E-state index in [9.17, 15) is 14.4 Å². The summed E-state index contributed by atoms with van der Waals surface area (Å²) in [7, 11) is 0. The summed E-state index contributed by atoms with van der Waals surface area (Å²) in [6.45, 7) is 7.12. The number of amides is 1. The second-order valence-electron chi connectivity index (χ2n) is 5.32. The van der Waals surface area contributed by atoms with Gasteiger partial charge in [-0.1, -0.05) is 13.3 Å². The number of hydrogen-bond donors (Lipinski definition) is 2. The Morgan fingerprint density at radius 3 is 2.30 bits per heavy atom. The van der Waals surface area contributed by atoms with E-state index in [0.29, 0.717) is 6.42 Å². The van der Waals surface area contributed by atoms with Crippen LogP contribution >= 0.6 is 0 Å². The van der Waals surface area contributed by atoms with Gasteiger partial charge >= 0.3 is 18.0 Å². The molecule has 0 spiro atoms. The van der Waals surface area contributed by atoms with Gasteiger partial charge < -0.3 is 19.9 Å². The van der Waals surface area contributed by atoms with Crippen molar-refractivity contribution in [3.63, 3.8) is 0 Å². The van der Waals surface area contributed by atoms with E-state index >= 15 is 0 Å². The van der Waals surface area contributed by atoms with Gasteiger partial charge in [-0.15, -0.1) is 0 Å². The molecule has 1 amide bonds. The molecule has 0 rings (SSSR count). The molecular formula is C13H23NO6. The van der Waals surface area contributed by atoms with Crippen LogP contribution < -0.4 is 5.32 Å². The molecule has 116 valence electrons. The van der Waals surface area contributed by atoms with Crippen LogP contribution in [0, 0.1) is 0 Å². The Balaban J connectivity index is 4.51. The predicted molar refractivity (Wildman–Crippen MR) is 71.3 cm³/mol. The Labute approximate surface area is 118 Å². The van der Waals surface area contributed by atoms with Crippen LogP contribution in [-0.2, 0) is 19.1 Å². The molecule has 0 bridgehead atoms. The van der Waals surface area contributed by atoms with Crippen LogP contribution in [-0.4, -0.2) is 41.4 Å². The number of alkyl carbamates (subject to hydrolysis) is 1. The van der Waals surface area contributed by atoms with Crippen molar-refractivity contribution in [2.45, 2.75) is 58.6 Å². The van der Waals surface area contributed by atoms with Gasteiger partial charge in [0.2, 0.25) is 0 Å². The molecule has 0 unspecified atom stereocenters. The van der Waals surface area contributed by atoms with Crippen molar-refractivity contribution in [1.82, 2.24) is 5.32 Å². The van der Waals surface area contributed by atoms with E-state index in [0.717, 1.165) is 6.42 Å². The highest BCUT2D eigenvalue weighted by Crippen LogP contribution is 2.08. The molecule has 0 radical (unpaired) electrons. The minimum Gasteiger partial charge on any atom is -0.481 e. The third kappa shape index (κ3) is 9.18. The third-order valence-electron chi connectivity index (χ3n) is 2.10. The quantitative estimate of drug-likeness (QED) is 0.546. The highest BCUT2D eigenvalue weighted by molar-refractivity contribution is 5.85. The maximum Gasteiger partial charge on any atom is 0.408 e. The Kier molecular flexibility index (Phi) is 7.64. The van der Waals surface area contributed by atoms with Crippen molar-refractivity contribution < 1.29 is 29.0 Å². The second-order valence-corrected chi connectivity index (χ2v) is 5.32. The molecule has 0 fully saturated rings. The van der Waals surface area contributed by atoms with E-state index in [-0.39, 0.29) is 6.61 Å². The SMILES string of the molecule is CCCCOC(=O)[C@H](CC(=O)O)NC(=O)OC(C)(C)C. The number of rotatable bonds is 7. The number of nitrogens with one attached hydrogen (secondary N) is 1. The Hall–Kier alpha value is -1.79. The zero-order valence-electron chi connectivity index (χ0n) is 12.4. The number of esters is 1. The van der Waals surface area contributed by atoms with E-state index in [2.05, 4.69) is 5.32 Å². The summed E-state index contributed by atoms with van der Waals surface area (Å²) in [6.07, 6.45) is 0.120. The van der Waals surface area contributed by atoms with E-state index in [4.69, 9.17) is 14.6 Å². The summed E-state index contributed by atoms with van der Waals surface area (Å²) in [5.41, 5.74) is -0.732. The summed E-state index contributed by atoms with van der Waals surface area (Å²) >= 11 is 0. The lowest BCUT2D eigenvalue weighted by molar-refractivity contribution is -0.150. The molecule has 0 saturated heterocycles. The fourth-order valence-corrected chi connectivity index (χ4v) is 1.24. The summed E-state index contributed by atoms with van der Waals surface area (Å²) in [6, 6.07) is -1.25. The summed E-state index contributed by atoms with van der Waals surface area (Å²) in [5, 5.41) is 11.0. The van der Waals surface area contributed by atoms with E-state index in [1.807, 2.05) is 6.92 Å². The molecule has 7 nitrogen and oxygen atoms in total. The molecular weight excluding hydrogens is 266 g/mol. The van der Waals surface area contributed by atoms with Crippen LogP contribution in [0.5, 0.6) is 0 Å². The maximum absolute atomic E-state index is 11.7. The molecule has 1 atom stereocenters. The number of carbonyl (C=O) groups excluding carboxylic acids is 2. The summed E-state index contributed by atoms with van der Waals surface area (Å²) < 4.78 is 9.88. The van der Waals surface area contributed by atoms with Crippen LogP contribution in [0.15, 0.2) is 0 Å². The molecule has 20 heavy (non-hydrogen) atoms. The molecule has 0 aromatic rings. The standard InChI is InChI=1S/C13H23NO6/c1-5-6-7-19-11(17)9(8-10(15)16)14-12(18)20-13(2,3)4/h9H,5-8H2,1-4H3,(H,14,18)(H,15,16)/t9-/m0/s1. The van der Waals surface area contributed by atoms with Crippen LogP contribution in [0.4, 0.5) is 4.79 Å². The first-order chi connectivity index (χ1) is 9.15. The van der Waals surface area contributed by atoms with Crippen LogP contribution in [0.2, 0.25) is 0 Å². The predicted octanol–water partition coefficient (Wildman–Crippen LogP) is 1.70. The molecule has 2 N–H and O–H groups in total. The number of carboxylic acids is 1. The van der Waals surface area contributed by atoms with Crippen molar-refractivity contribution in [2.24, 2.45) is 0 Å². The normalized spacial score (nSPS) is 12.4. The van der Waals surface area contributed by atoms with E-state index in [1.165, 1.54) is 0 Å². The van der Waals surface area contributed by atoms with Crippen LogP contribution in [0.1, 0.15) is 47.0 Å². The van der Waals surface area contributed by atoms with E-state index < -0.39 is 36.1 Å². The minimum atomic E-state index is -1.25. The molecule has 0 aliphatic heterocycles.